The molecular formula is C19H16F6N4O. The number of amides is 2. The summed E-state index contributed by atoms with van der Waals surface area (Å²) in [5.41, 5.74) is -3.27. The van der Waals surface area contributed by atoms with Crippen molar-refractivity contribution in [2.24, 2.45) is 11.8 Å². The fourth-order valence-corrected chi connectivity index (χ4v) is 4.19. The quantitative estimate of drug-likeness (QED) is 0.646. The molecule has 0 spiro atoms. The van der Waals surface area contributed by atoms with Gasteiger partial charge in [0.25, 0.3) is 0 Å². The minimum absolute atomic E-state index is 0.0802. The lowest BCUT2D eigenvalue weighted by Crippen LogP contribution is -2.45. The number of fused-ring (bicyclic) bond motifs is 1. The zero-order valence-corrected chi connectivity index (χ0v) is 15.2. The van der Waals surface area contributed by atoms with Crippen molar-refractivity contribution in [2.75, 3.05) is 18.4 Å². The first-order valence-electron chi connectivity index (χ1n) is 9.03. The van der Waals surface area contributed by atoms with Crippen LogP contribution in [0.25, 0.3) is 0 Å². The Balaban J connectivity index is 1.58. The SMILES string of the molecule is O=C(Nc1ccc(C(F)(F)F)cc1)NC1(c2ncccc2C(F)(F)F)C2CNC[C@H]21. The number of halogens is 6. The first-order chi connectivity index (χ1) is 14.0. The molecule has 11 heteroatoms. The lowest BCUT2D eigenvalue weighted by Gasteiger charge is -2.26. The van der Waals surface area contributed by atoms with E-state index in [2.05, 4.69) is 20.9 Å². The minimum atomic E-state index is -4.65. The largest absolute Gasteiger partial charge is 0.418 e. The number of carbonyl (C=O) groups is 1. The van der Waals surface area contributed by atoms with Gasteiger partial charge in [-0.3, -0.25) is 4.98 Å². The average molecular weight is 430 g/mol. The van der Waals surface area contributed by atoms with Gasteiger partial charge in [-0.25, -0.2) is 4.79 Å². The standard InChI is InChI=1S/C19H16F6N4O/c20-18(21,22)10-3-5-11(6-4-10)28-16(30)29-17(13-8-26-9-14(13)17)15-12(19(23,24)25)2-1-7-27-15/h1-7,13-14,26H,8-9H2,(H2,28,29,30)/t13-,14?,17?/m1/s1. The maximum atomic E-state index is 13.5. The number of hydrogen-bond donors (Lipinski definition) is 3. The zero-order valence-electron chi connectivity index (χ0n) is 15.2. The molecule has 1 saturated carbocycles. The lowest BCUT2D eigenvalue weighted by molar-refractivity contribution is -0.139. The Labute approximate surface area is 166 Å². The Morgan fingerprint density at radius 1 is 1.00 bits per heavy atom. The molecule has 1 saturated heterocycles. The van der Waals surface area contributed by atoms with E-state index in [1.807, 2.05) is 0 Å². The van der Waals surface area contributed by atoms with Crippen molar-refractivity contribution >= 4 is 11.7 Å². The number of anilines is 1. The number of benzene rings is 1. The van der Waals surface area contributed by atoms with Crippen LogP contribution < -0.4 is 16.0 Å². The van der Waals surface area contributed by atoms with E-state index in [1.165, 1.54) is 12.3 Å². The summed E-state index contributed by atoms with van der Waals surface area (Å²) in [5.74, 6) is -0.543. The summed E-state index contributed by atoms with van der Waals surface area (Å²) in [6.07, 6.45) is -7.92. The Hall–Kier alpha value is -2.82. The van der Waals surface area contributed by atoms with Crippen LogP contribution in [0, 0.1) is 11.8 Å². The third-order valence-electron chi connectivity index (χ3n) is 5.57. The molecule has 2 heterocycles. The van der Waals surface area contributed by atoms with E-state index in [9.17, 15) is 31.1 Å². The smallest absolute Gasteiger partial charge is 0.326 e. The van der Waals surface area contributed by atoms with E-state index >= 15 is 0 Å². The van der Waals surface area contributed by atoms with Crippen molar-refractivity contribution < 1.29 is 31.1 Å². The van der Waals surface area contributed by atoms with E-state index in [0.717, 1.165) is 30.3 Å². The Bertz CT molecular complexity index is 947. The van der Waals surface area contributed by atoms with E-state index in [4.69, 9.17) is 0 Å². The van der Waals surface area contributed by atoms with Crippen molar-refractivity contribution in [3.63, 3.8) is 0 Å². The summed E-state index contributed by atoms with van der Waals surface area (Å²) in [4.78, 5) is 16.5. The molecule has 1 aliphatic carbocycles. The predicted octanol–water partition coefficient (Wildman–Crippen LogP) is 3.99. The molecular weight excluding hydrogens is 414 g/mol. The molecule has 3 atom stereocenters. The second-order valence-electron chi connectivity index (χ2n) is 7.29. The van der Waals surface area contributed by atoms with Crippen LogP contribution in [0.3, 0.4) is 0 Å². The average Bonchev–Trinajstić information content (AvgIpc) is 3.01. The third-order valence-corrected chi connectivity index (χ3v) is 5.57. The van der Waals surface area contributed by atoms with Crippen molar-refractivity contribution in [1.29, 1.82) is 0 Å². The molecule has 2 fully saturated rings. The van der Waals surface area contributed by atoms with Crippen LogP contribution >= 0.6 is 0 Å². The number of aromatic nitrogens is 1. The van der Waals surface area contributed by atoms with Gasteiger partial charge in [0, 0.05) is 36.8 Å². The number of hydrogen-bond acceptors (Lipinski definition) is 3. The number of alkyl halides is 6. The highest BCUT2D eigenvalue weighted by Crippen LogP contribution is 2.60. The molecule has 2 amide bonds. The second-order valence-corrected chi connectivity index (χ2v) is 7.29. The number of rotatable bonds is 3. The number of nitrogens with one attached hydrogen (secondary N) is 3. The van der Waals surface area contributed by atoms with Gasteiger partial charge in [0.1, 0.15) is 0 Å². The number of pyridine rings is 1. The van der Waals surface area contributed by atoms with Gasteiger partial charge < -0.3 is 16.0 Å². The summed E-state index contributed by atoms with van der Waals surface area (Å²) >= 11 is 0. The fourth-order valence-electron chi connectivity index (χ4n) is 4.19. The zero-order chi connectivity index (χ0) is 21.7. The van der Waals surface area contributed by atoms with E-state index < -0.39 is 35.0 Å². The predicted molar refractivity (Wildman–Crippen MR) is 94.4 cm³/mol. The second kappa shape index (κ2) is 6.86. The summed E-state index contributed by atoms with van der Waals surface area (Å²) < 4.78 is 78.6. The maximum Gasteiger partial charge on any atom is 0.418 e. The van der Waals surface area contributed by atoms with Crippen LogP contribution in [0.2, 0.25) is 0 Å². The van der Waals surface area contributed by atoms with Gasteiger partial charge in [-0.1, -0.05) is 0 Å². The third kappa shape index (κ3) is 3.47. The van der Waals surface area contributed by atoms with Crippen LogP contribution in [-0.4, -0.2) is 24.1 Å². The maximum absolute atomic E-state index is 13.5. The van der Waals surface area contributed by atoms with Gasteiger partial charge in [-0.15, -0.1) is 0 Å². The topological polar surface area (TPSA) is 66.0 Å². The van der Waals surface area contributed by atoms with Crippen LogP contribution in [0.15, 0.2) is 42.6 Å². The first-order valence-corrected chi connectivity index (χ1v) is 9.03. The Morgan fingerprint density at radius 2 is 1.63 bits per heavy atom. The lowest BCUT2D eigenvalue weighted by atomic mass is 9.99. The molecule has 3 N–H and O–H groups in total. The van der Waals surface area contributed by atoms with Gasteiger partial charge in [-0.05, 0) is 36.4 Å². The molecule has 1 aliphatic heterocycles. The van der Waals surface area contributed by atoms with Crippen molar-refractivity contribution in [3.8, 4) is 0 Å². The summed E-state index contributed by atoms with van der Waals surface area (Å²) in [7, 11) is 0. The normalized spacial score (nSPS) is 25.5. The molecule has 30 heavy (non-hydrogen) atoms. The number of piperidine rings is 1. The Morgan fingerprint density at radius 3 is 2.20 bits per heavy atom. The Kier molecular flexibility index (Phi) is 4.68. The highest BCUT2D eigenvalue weighted by atomic mass is 19.4. The number of urea groups is 1. The molecule has 2 aromatic rings. The van der Waals surface area contributed by atoms with E-state index in [-0.39, 0.29) is 23.2 Å². The molecule has 0 radical (unpaired) electrons. The van der Waals surface area contributed by atoms with Crippen LogP contribution in [-0.2, 0) is 17.9 Å². The van der Waals surface area contributed by atoms with Crippen LogP contribution in [0.5, 0.6) is 0 Å². The van der Waals surface area contributed by atoms with E-state index in [1.54, 1.807) is 0 Å². The van der Waals surface area contributed by atoms with Crippen molar-refractivity contribution in [2.45, 2.75) is 17.9 Å². The highest BCUT2D eigenvalue weighted by Gasteiger charge is 2.70. The van der Waals surface area contributed by atoms with Gasteiger partial charge in [0.2, 0.25) is 0 Å². The summed E-state index contributed by atoms with van der Waals surface area (Å²) in [5, 5.41) is 8.06. The van der Waals surface area contributed by atoms with E-state index in [0.29, 0.717) is 13.1 Å². The summed E-state index contributed by atoms with van der Waals surface area (Å²) in [6.45, 7) is 0.832. The molecule has 4 rings (SSSR count). The molecule has 0 bridgehead atoms. The van der Waals surface area contributed by atoms with Gasteiger partial charge >= 0.3 is 18.4 Å². The van der Waals surface area contributed by atoms with Crippen molar-refractivity contribution in [1.82, 2.24) is 15.6 Å². The molecule has 160 valence electrons. The molecule has 1 aromatic heterocycles. The fraction of sp³-hybridized carbons (Fsp3) is 0.368. The molecule has 5 nitrogen and oxygen atoms in total. The molecule has 2 unspecified atom stereocenters. The van der Waals surface area contributed by atoms with Crippen LogP contribution in [0.4, 0.5) is 36.8 Å². The molecule has 2 aliphatic rings. The molecule has 1 aromatic carbocycles. The van der Waals surface area contributed by atoms with Crippen molar-refractivity contribution in [3.05, 3.63) is 59.4 Å². The van der Waals surface area contributed by atoms with Gasteiger partial charge in [0.05, 0.1) is 22.4 Å². The monoisotopic (exact) mass is 430 g/mol. The van der Waals surface area contributed by atoms with Gasteiger partial charge in [0.15, 0.2) is 0 Å². The number of carbonyl (C=O) groups excluding carboxylic acids is 1. The highest BCUT2D eigenvalue weighted by molar-refractivity contribution is 5.90. The van der Waals surface area contributed by atoms with Crippen LogP contribution in [0.1, 0.15) is 16.8 Å². The minimum Gasteiger partial charge on any atom is -0.326 e. The first kappa shape index (κ1) is 20.5. The summed E-state index contributed by atoms with van der Waals surface area (Å²) in [6, 6.07) is 5.05. The van der Waals surface area contributed by atoms with Gasteiger partial charge in [-0.2, -0.15) is 26.3 Å². The number of nitrogens with zero attached hydrogens (tertiary/aromatic N) is 1.